The van der Waals surface area contributed by atoms with Crippen LogP contribution in [0, 0.1) is 0 Å². The quantitative estimate of drug-likeness (QED) is 0.809. The Morgan fingerprint density at radius 2 is 1.96 bits per heavy atom. The van der Waals surface area contributed by atoms with Crippen molar-refractivity contribution in [2.75, 3.05) is 49.7 Å². The van der Waals surface area contributed by atoms with E-state index in [9.17, 15) is 9.59 Å². The third-order valence-electron chi connectivity index (χ3n) is 4.80. The van der Waals surface area contributed by atoms with E-state index >= 15 is 0 Å². The summed E-state index contributed by atoms with van der Waals surface area (Å²) >= 11 is 6.17. The second-order valence-electron chi connectivity index (χ2n) is 6.65. The Labute approximate surface area is 166 Å². The lowest BCUT2D eigenvalue weighted by Crippen LogP contribution is -2.49. The molecule has 0 saturated carbocycles. The fourth-order valence-corrected chi connectivity index (χ4v) is 3.54. The van der Waals surface area contributed by atoms with Crippen LogP contribution in [0.3, 0.4) is 0 Å². The molecule has 2 aromatic rings. The standard InChI is InChI=1S/C18H20ClN5O4/c1-22-18(26)17(19)13(9-20-22)24-6-4-23(5-7-24)10-16(25)21-12-2-3-14-15(8-12)28-11-27-14/h2-3,8-9H,4-7,10-11H2,1H3,(H,21,25). The third kappa shape index (κ3) is 3.76. The van der Waals surface area contributed by atoms with Crippen LogP contribution in [0.2, 0.25) is 5.02 Å². The van der Waals surface area contributed by atoms with E-state index in [0.717, 1.165) is 0 Å². The number of aryl methyl sites for hydroxylation is 1. The summed E-state index contributed by atoms with van der Waals surface area (Å²) in [5, 5.41) is 7.09. The smallest absolute Gasteiger partial charge is 0.287 e. The van der Waals surface area contributed by atoms with Gasteiger partial charge in [0.2, 0.25) is 12.7 Å². The van der Waals surface area contributed by atoms with Crippen molar-refractivity contribution < 1.29 is 14.3 Å². The fraction of sp³-hybridized carbons (Fsp3) is 0.389. The molecule has 10 heteroatoms. The average Bonchev–Trinajstić information content (AvgIpc) is 3.15. The molecule has 2 aliphatic rings. The van der Waals surface area contributed by atoms with Crippen LogP contribution in [0.1, 0.15) is 0 Å². The summed E-state index contributed by atoms with van der Waals surface area (Å²) in [6, 6.07) is 5.32. The molecule has 0 spiro atoms. The average molecular weight is 406 g/mol. The molecule has 1 fully saturated rings. The van der Waals surface area contributed by atoms with Crippen LogP contribution in [0.15, 0.2) is 29.2 Å². The number of piperazine rings is 1. The summed E-state index contributed by atoms with van der Waals surface area (Å²) in [5.74, 6) is 1.21. The Bertz CT molecular complexity index is 955. The molecule has 1 amide bonds. The number of anilines is 2. The molecule has 1 saturated heterocycles. The van der Waals surface area contributed by atoms with E-state index in [0.29, 0.717) is 49.1 Å². The summed E-state index contributed by atoms with van der Waals surface area (Å²) in [6.45, 7) is 3.16. The highest BCUT2D eigenvalue weighted by Gasteiger charge is 2.22. The summed E-state index contributed by atoms with van der Waals surface area (Å²) in [4.78, 5) is 28.4. The maximum Gasteiger partial charge on any atom is 0.287 e. The Hall–Kier alpha value is -2.78. The second-order valence-corrected chi connectivity index (χ2v) is 7.03. The largest absolute Gasteiger partial charge is 0.454 e. The van der Waals surface area contributed by atoms with Crippen LogP contribution in [0.25, 0.3) is 0 Å². The molecule has 0 aliphatic carbocycles. The van der Waals surface area contributed by atoms with Crippen molar-refractivity contribution in [1.29, 1.82) is 0 Å². The number of hydrogen-bond acceptors (Lipinski definition) is 7. The minimum atomic E-state index is -0.315. The van der Waals surface area contributed by atoms with Gasteiger partial charge in [0.15, 0.2) is 11.5 Å². The molecule has 1 aromatic heterocycles. The normalized spacial score (nSPS) is 16.3. The van der Waals surface area contributed by atoms with Gasteiger partial charge in [-0.15, -0.1) is 0 Å². The molecule has 0 unspecified atom stereocenters. The van der Waals surface area contributed by atoms with Gasteiger partial charge in [-0.3, -0.25) is 14.5 Å². The van der Waals surface area contributed by atoms with Gasteiger partial charge in [0.25, 0.3) is 5.56 Å². The SMILES string of the molecule is Cn1ncc(N2CCN(CC(=O)Nc3ccc4c(c3)OCO4)CC2)c(Cl)c1=O. The van der Waals surface area contributed by atoms with Crippen LogP contribution < -0.4 is 25.2 Å². The Morgan fingerprint density at radius 3 is 2.75 bits per heavy atom. The summed E-state index contributed by atoms with van der Waals surface area (Å²) in [7, 11) is 1.56. The number of fused-ring (bicyclic) bond motifs is 1. The highest BCUT2D eigenvalue weighted by atomic mass is 35.5. The molecule has 3 heterocycles. The van der Waals surface area contributed by atoms with Gasteiger partial charge in [-0.1, -0.05) is 11.6 Å². The van der Waals surface area contributed by atoms with Crippen LogP contribution in [-0.2, 0) is 11.8 Å². The van der Waals surface area contributed by atoms with E-state index in [1.807, 2.05) is 4.90 Å². The Balaban J connectivity index is 1.31. The first kappa shape index (κ1) is 18.6. The summed E-state index contributed by atoms with van der Waals surface area (Å²) < 4.78 is 11.8. The highest BCUT2D eigenvalue weighted by Crippen LogP contribution is 2.34. The van der Waals surface area contributed by atoms with Gasteiger partial charge in [-0.25, -0.2) is 4.68 Å². The molecular formula is C18H20ClN5O4. The molecule has 1 aromatic carbocycles. The first-order valence-corrected chi connectivity index (χ1v) is 9.27. The van der Waals surface area contributed by atoms with E-state index in [2.05, 4.69) is 15.3 Å². The van der Waals surface area contributed by atoms with E-state index in [1.165, 1.54) is 4.68 Å². The maximum absolute atomic E-state index is 12.4. The Morgan fingerprint density at radius 1 is 1.21 bits per heavy atom. The van der Waals surface area contributed by atoms with Crippen molar-refractivity contribution in [3.05, 3.63) is 39.8 Å². The lowest BCUT2D eigenvalue weighted by atomic mass is 10.2. The van der Waals surface area contributed by atoms with E-state index in [-0.39, 0.29) is 29.8 Å². The number of hydrogen-bond donors (Lipinski definition) is 1. The van der Waals surface area contributed by atoms with Gasteiger partial charge in [-0.05, 0) is 12.1 Å². The monoisotopic (exact) mass is 405 g/mol. The predicted octanol–water partition coefficient (Wildman–Crippen LogP) is 0.923. The summed E-state index contributed by atoms with van der Waals surface area (Å²) in [6.07, 6.45) is 1.60. The van der Waals surface area contributed by atoms with Crippen LogP contribution in [0.5, 0.6) is 11.5 Å². The zero-order valence-corrected chi connectivity index (χ0v) is 16.1. The van der Waals surface area contributed by atoms with Gasteiger partial charge in [0, 0.05) is 45.0 Å². The van der Waals surface area contributed by atoms with Gasteiger partial charge in [0.1, 0.15) is 5.02 Å². The zero-order valence-electron chi connectivity index (χ0n) is 15.4. The van der Waals surface area contributed by atoms with Gasteiger partial charge < -0.3 is 19.7 Å². The number of nitrogens with one attached hydrogen (secondary N) is 1. The van der Waals surface area contributed by atoms with E-state index in [4.69, 9.17) is 21.1 Å². The molecule has 148 valence electrons. The number of aromatic nitrogens is 2. The molecule has 9 nitrogen and oxygen atoms in total. The fourth-order valence-electron chi connectivity index (χ4n) is 3.25. The lowest BCUT2D eigenvalue weighted by Gasteiger charge is -2.35. The van der Waals surface area contributed by atoms with Crippen molar-refractivity contribution >= 4 is 28.9 Å². The van der Waals surface area contributed by atoms with Gasteiger partial charge in [-0.2, -0.15) is 5.10 Å². The van der Waals surface area contributed by atoms with Crippen molar-refractivity contribution in [2.45, 2.75) is 0 Å². The first-order valence-electron chi connectivity index (χ1n) is 8.90. The Kier molecular flexibility index (Phi) is 5.10. The van der Waals surface area contributed by atoms with Crippen LogP contribution in [0.4, 0.5) is 11.4 Å². The molecule has 0 radical (unpaired) electrons. The number of nitrogens with zero attached hydrogens (tertiary/aromatic N) is 4. The molecule has 2 aliphatic heterocycles. The van der Waals surface area contributed by atoms with E-state index < -0.39 is 0 Å². The van der Waals surface area contributed by atoms with Crippen molar-refractivity contribution in [1.82, 2.24) is 14.7 Å². The molecule has 0 atom stereocenters. The molecule has 28 heavy (non-hydrogen) atoms. The number of carbonyl (C=O) groups is 1. The number of benzene rings is 1. The predicted molar refractivity (Wildman–Crippen MR) is 104 cm³/mol. The van der Waals surface area contributed by atoms with E-state index in [1.54, 1.807) is 31.4 Å². The highest BCUT2D eigenvalue weighted by molar-refractivity contribution is 6.33. The topological polar surface area (TPSA) is 88.9 Å². The first-order chi connectivity index (χ1) is 13.5. The number of halogens is 1. The molecule has 1 N–H and O–H groups in total. The zero-order chi connectivity index (χ0) is 19.7. The van der Waals surface area contributed by atoms with Crippen LogP contribution >= 0.6 is 11.6 Å². The van der Waals surface area contributed by atoms with Crippen LogP contribution in [-0.4, -0.2) is 60.1 Å². The van der Waals surface area contributed by atoms with Crippen molar-refractivity contribution in [3.63, 3.8) is 0 Å². The van der Waals surface area contributed by atoms with Crippen molar-refractivity contribution in [3.8, 4) is 11.5 Å². The van der Waals surface area contributed by atoms with Gasteiger partial charge >= 0.3 is 0 Å². The minimum Gasteiger partial charge on any atom is -0.454 e. The second kappa shape index (κ2) is 7.69. The molecular weight excluding hydrogens is 386 g/mol. The molecule has 0 bridgehead atoms. The lowest BCUT2D eigenvalue weighted by molar-refractivity contribution is -0.117. The number of rotatable bonds is 4. The number of amides is 1. The number of carbonyl (C=O) groups excluding carboxylic acids is 1. The van der Waals surface area contributed by atoms with Gasteiger partial charge in [0.05, 0.1) is 18.4 Å². The van der Waals surface area contributed by atoms with Crippen molar-refractivity contribution in [2.24, 2.45) is 7.05 Å². The maximum atomic E-state index is 12.4. The molecule has 4 rings (SSSR count). The third-order valence-corrected chi connectivity index (χ3v) is 5.15. The minimum absolute atomic E-state index is 0.0967. The number of ether oxygens (including phenoxy) is 2. The summed E-state index contributed by atoms with van der Waals surface area (Å²) in [5.41, 5.74) is 0.991.